The minimum absolute atomic E-state index is 0.132. The van der Waals surface area contributed by atoms with E-state index in [2.05, 4.69) is 30.9 Å². The molecule has 1 amide bonds. The van der Waals surface area contributed by atoms with Crippen LogP contribution in [0.4, 0.5) is 17.8 Å². The van der Waals surface area contributed by atoms with E-state index in [0.29, 0.717) is 17.8 Å². The van der Waals surface area contributed by atoms with Gasteiger partial charge in [0, 0.05) is 28.2 Å². The lowest BCUT2D eigenvalue weighted by molar-refractivity contribution is -0.121. The molecule has 1 atom stereocenters. The lowest BCUT2D eigenvalue weighted by Crippen LogP contribution is -2.36. The Bertz CT molecular complexity index is 421. The zero-order valence-corrected chi connectivity index (χ0v) is 11.3. The molecule has 0 aliphatic rings. The quantitative estimate of drug-likeness (QED) is 0.652. The number of aromatic nitrogens is 3. The molecule has 1 rings (SSSR count). The first-order valence-corrected chi connectivity index (χ1v) is 5.57. The van der Waals surface area contributed by atoms with Crippen molar-refractivity contribution < 1.29 is 4.79 Å². The van der Waals surface area contributed by atoms with Crippen LogP contribution in [0.2, 0.25) is 0 Å². The number of hydrogen-bond acceptors (Lipinski definition) is 7. The average molecular weight is 253 g/mol. The number of likely N-dealkylation sites (N-methyl/N-ethyl adjacent to an activating group) is 1. The number of carbonyl (C=O) groups is 1. The van der Waals surface area contributed by atoms with Gasteiger partial charge in [-0.1, -0.05) is 0 Å². The molecule has 0 aromatic carbocycles. The second-order valence-electron chi connectivity index (χ2n) is 3.91. The standard InChI is InChI=1S/C10H19N7O/c1-6(7(18)11-2)13-9-14-8(12-3)15-10(16-9)17(4)5/h6H,1-5H3,(H,11,18)(H2,12,13,14,15,16). The topological polar surface area (TPSA) is 95.1 Å². The minimum atomic E-state index is -0.419. The highest BCUT2D eigenvalue weighted by Crippen LogP contribution is 2.11. The normalized spacial score (nSPS) is 11.6. The van der Waals surface area contributed by atoms with Gasteiger partial charge in [-0.3, -0.25) is 4.79 Å². The van der Waals surface area contributed by atoms with Crippen LogP contribution in [0.5, 0.6) is 0 Å². The predicted octanol–water partition coefficient (Wildman–Crippen LogP) is -0.474. The van der Waals surface area contributed by atoms with Crippen LogP contribution >= 0.6 is 0 Å². The molecule has 0 aliphatic carbocycles. The van der Waals surface area contributed by atoms with Gasteiger partial charge in [0.2, 0.25) is 23.8 Å². The molecule has 1 unspecified atom stereocenters. The molecule has 0 aliphatic heterocycles. The van der Waals surface area contributed by atoms with E-state index in [1.807, 2.05) is 14.1 Å². The maximum Gasteiger partial charge on any atom is 0.242 e. The Labute approximate surface area is 106 Å². The summed E-state index contributed by atoms with van der Waals surface area (Å²) in [4.78, 5) is 25.7. The molecule has 0 fully saturated rings. The van der Waals surface area contributed by atoms with Crippen molar-refractivity contribution in [2.24, 2.45) is 0 Å². The highest BCUT2D eigenvalue weighted by Gasteiger charge is 2.14. The van der Waals surface area contributed by atoms with Gasteiger partial charge in [0.05, 0.1) is 0 Å². The summed E-state index contributed by atoms with van der Waals surface area (Å²) in [7, 11) is 6.97. The number of anilines is 3. The Morgan fingerprint density at radius 2 is 1.78 bits per heavy atom. The summed E-state index contributed by atoms with van der Waals surface area (Å²) in [5.41, 5.74) is 0. The van der Waals surface area contributed by atoms with Crippen LogP contribution in [0.25, 0.3) is 0 Å². The third-order valence-electron chi connectivity index (χ3n) is 2.23. The predicted molar refractivity (Wildman–Crippen MR) is 70.9 cm³/mol. The molecule has 100 valence electrons. The zero-order valence-electron chi connectivity index (χ0n) is 11.3. The summed E-state index contributed by atoms with van der Waals surface area (Å²) in [5, 5.41) is 8.32. The van der Waals surface area contributed by atoms with Crippen LogP contribution in [0.15, 0.2) is 0 Å². The van der Waals surface area contributed by atoms with Crippen molar-refractivity contribution in [3.05, 3.63) is 0 Å². The molecule has 1 aromatic heterocycles. The first kappa shape index (κ1) is 13.9. The molecular weight excluding hydrogens is 234 g/mol. The van der Waals surface area contributed by atoms with Crippen molar-refractivity contribution in [1.82, 2.24) is 20.3 Å². The molecule has 0 saturated carbocycles. The molecule has 18 heavy (non-hydrogen) atoms. The summed E-state index contributed by atoms with van der Waals surface area (Å²) < 4.78 is 0. The van der Waals surface area contributed by atoms with E-state index < -0.39 is 6.04 Å². The fraction of sp³-hybridized carbons (Fsp3) is 0.600. The highest BCUT2D eigenvalue weighted by molar-refractivity contribution is 5.83. The van der Waals surface area contributed by atoms with Crippen LogP contribution in [0, 0.1) is 0 Å². The van der Waals surface area contributed by atoms with E-state index in [1.165, 1.54) is 0 Å². The Morgan fingerprint density at radius 1 is 1.17 bits per heavy atom. The van der Waals surface area contributed by atoms with Gasteiger partial charge in [0.25, 0.3) is 0 Å². The number of amides is 1. The number of nitrogens with zero attached hydrogens (tertiary/aromatic N) is 4. The van der Waals surface area contributed by atoms with Gasteiger partial charge in [-0.2, -0.15) is 15.0 Å². The monoisotopic (exact) mass is 253 g/mol. The second-order valence-corrected chi connectivity index (χ2v) is 3.91. The molecule has 3 N–H and O–H groups in total. The number of nitrogens with one attached hydrogen (secondary N) is 3. The lowest BCUT2D eigenvalue weighted by atomic mass is 10.3. The van der Waals surface area contributed by atoms with Crippen LogP contribution in [-0.2, 0) is 4.79 Å². The van der Waals surface area contributed by atoms with Crippen molar-refractivity contribution in [2.45, 2.75) is 13.0 Å². The zero-order chi connectivity index (χ0) is 13.7. The van der Waals surface area contributed by atoms with Gasteiger partial charge < -0.3 is 20.9 Å². The Hall–Kier alpha value is -2.12. The first-order valence-electron chi connectivity index (χ1n) is 5.57. The van der Waals surface area contributed by atoms with Gasteiger partial charge in [-0.25, -0.2) is 0 Å². The van der Waals surface area contributed by atoms with Crippen LogP contribution in [0.1, 0.15) is 6.92 Å². The molecule has 0 spiro atoms. The lowest BCUT2D eigenvalue weighted by Gasteiger charge is -2.15. The Morgan fingerprint density at radius 3 is 2.28 bits per heavy atom. The summed E-state index contributed by atoms with van der Waals surface area (Å²) in [5.74, 6) is 1.18. The van der Waals surface area contributed by atoms with Crippen LogP contribution in [-0.4, -0.2) is 55.1 Å². The second kappa shape index (κ2) is 5.99. The fourth-order valence-corrected chi connectivity index (χ4v) is 1.22. The number of hydrogen-bond donors (Lipinski definition) is 3. The van der Waals surface area contributed by atoms with E-state index in [-0.39, 0.29) is 5.91 Å². The molecule has 8 nitrogen and oxygen atoms in total. The van der Waals surface area contributed by atoms with E-state index in [0.717, 1.165) is 0 Å². The van der Waals surface area contributed by atoms with Crippen molar-refractivity contribution in [3.8, 4) is 0 Å². The van der Waals surface area contributed by atoms with Gasteiger partial charge in [-0.05, 0) is 6.92 Å². The molecule has 0 saturated heterocycles. The van der Waals surface area contributed by atoms with Crippen molar-refractivity contribution in [3.63, 3.8) is 0 Å². The molecule has 8 heteroatoms. The van der Waals surface area contributed by atoms with Gasteiger partial charge in [0.1, 0.15) is 6.04 Å². The molecule has 1 aromatic rings. The van der Waals surface area contributed by atoms with E-state index in [9.17, 15) is 4.79 Å². The summed E-state index contributed by atoms with van der Waals surface area (Å²) in [6, 6.07) is -0.419. The Balaban J connectivity index is 2.94. The third-order valence-corrected chi connectivity index (χ3v) is 2.23. The fourth-order valence-electron chi connectivity index (χ4n) is 1.22. The van der Waals surface area contributed by atoms with Crippen molar-refractivity contribution >= 4 is 23.8 Å². The van der Waals surface area contributed by atoms with Crippen LogP contribution in [0.3, 0.4) is 0 Å². The molecule has 1 heterocycles. The van der Waals surface area contributed by atoms with Crippen molar-refractivity contribution in [1.29, 1.82) is 0 Å². The van der Waals surface area contributed by atoms with Crippen molar-refractivity contribution in [2.75, 3.05) is 43.7 Å². The first-order chi connectivity index (χ1) is 8.47. The van der Waals surface area contributed by atoms with E-state index in [1.54, 1.807) is 25.9 Å². The minimum Gasteiger partial charge on any atom is -0.357 e. The van der Waals surface area contributed by atoms with Gasteiger partial charge in [0.15, 0.2) is 0 Å². The SMILES string of the molecule is CNC(=O)C(C)Nc1nc(NC)nc(N(C)C)n1. The summed E-state index contributed by atoms with van der Waals surface area (Å²) in [6.45, 7) is 1.73. The number of carbonyl (C=O) groups excluding carboxylic acids is 1. The average Bonchev–Trinajstić information content (AvgIpc) is 2.36. The summed E-state index contributed by atoms with van der Waals surface area (Å²) >= 11 is 0. The molecular formula is C10H19N7O. The van der Waals surface area contributed by atoms with E-state index in [4.69, 9.17) is 0 Å². The number of rotatable bonds is 5. The highest BCUT2D eigenvalue weighted by atomic mass is 16.2. The molecule has 0 radical (unpaired) electrons. The van der Waals surface area contributed by atoms with E-state index >= 15 is 0 Å². The van der Waals surface area contributed by atoms with Crippen LogP contribution < -0.4 is 20.9 Å². The smallest absolute Gasteiger partial charge is 0.242 e. The largest absolute Gasteiger partial charge is 0.357 e. The Kier molecular flexibility index (Phi) is 4.64. The van der Waals surface area contributed by atoms with Gasteiger partial charge >= 0.3 is 0 Å². The third kappa shape index (κ3) is 3.44. The maximum absolute atomic E-state index is 11.4. The van der Waals surface area contributed by atoms with Gasteiger partial charge in [-0.15, -0.1) is 0 Å². The molecule has 0 bridgehead atoms. The maximum atomic E-state index is 11.4. The summed E-state index contributed by atoms with van der Waals surface area (Å²) in [6.07, 6.45) is 0.